The summed E-state index contributed by atoms with van der Waals surface area (Å²) in [4.78, 5) is 25.8. The van der Waals surface area contributed by atoms with E-state index in [0.717, 1.165) is 11.1 Å². The third kappa shape index (κ3) is 5.00. The fourth-order valence-corrected chi connectivity index (χ4v) is 4.48. The second-order valence-electron chi connectivity index (χ2n) is 7.65. The zero-order valence-electron chi connectivity index (χ0n) is 16.6. The molecule has 1 aromatic carbocycles. The minimum absolute atomic E-state index is 0.112. The Morgan fingerprint density at radius 3 is 2.19 bits per heavy atom. The molecule has 8 heteroatoms. The number of nitrogens with zero attached hydrogens (tertiary/aromatic N) is 1. The maximum atomic E-state index is 12.5. The number of hydrogen-bond donors (Lipinski definition) is 2. The van der Waals surface area contributed by atoms with Crippen molar-refractivity contribution in [1.82, 2.24) is 9.62 Å². The number of sulfonamides is 1. The first-order chi connectivity index (χ1) is 12.5. The minimum atomic E-state index is -3.93. The largest absolute Gasteiger partial charge is 0.346 e. The number of benzene rings is 1. The van der Waals surface area contributed by atoms with E-state index in [1.807, 2.05) is 45.9 Å². The molecule has 1 aliphatic rings. The van der Waals surface area contributed by atoms with E-state index >= 15 is 0 Å². The Bertz CT molecular complexity index is 792. The van der Waals surface area contributed by atoms with E-state index in [2.05, 4.69) is 10.0 Å². The predicted octanol–water partition coefficient (Wildman–Crippen LogP) is 3.01. The molecule has 0 radical (unpaired) electrons. The molecular formula is C19H29N3O4S. The normalized spacial score (nSPS) is 18.1. The Labute approximate surface area is 161 Å². The van der Waals surface area contributed by atoms with Crippen LogP contribution in [0.1, 0.15) is 63.5 Å². The number of nitrogens with one attached hydrogen (secondary N) is 2. The smallest absolute Gasteiger partial charge is 0.332 e. The number of carbonyl (C=O) groups is 2. The van der Waals surface area contributed by atoms with Crippen LogP contribution < -0.4 is 10.0 Å². The summed E-state index contributed by atoms with van der Waals surface area (Å²) >= 11 is 0. The number of likely N-dealkylation sites (tertiary alicyclic amines) is 1. The average molecular weight is 396 g/mol. The van der Waals surface area contributed by atoms with Gasteiger partial charge in [0.05, 0.1) is 5.25 Å². The van der Waals surface area contributed by atoms with Crippen molar-refractivity contribution >= 4 is 27.6 Å². The molecule has 1 unspecified atom stereocenters. The van der Waals surface area contributed by atoms with E-state index in [-0.39, 0.29) is 24.2 Å². The van der Waals surface area contributed by atoms with Gasteiger partial charge in [-0.05, 0) is 29.4 Å². The van der Waals surface area contributed by atoms with Gasteiger partial charge >= 0.3 is 6.03 Å². The van der Waals surface area contributed by atoms with Crippen molar-refractivity contribution in [1.29, 1.82) is 0 Å². The van der Waals surface area contributed by atoms with Crippen LogP contribution in [-0.2, 0) is 14.8 Å². The van der Waals surface area contributed by atoms with Crippen LogP contribution in [0.5, 0.6) is 0 Å². The summed E-state index contributed by atoms with van der Waals surface area (Å²) in [5.41, 5.74) is 2.54. The number of piperidine rings is 1. The summed E-state index contributed by atoms with van der Waals surface area (Å²) in [6.45, 7) is 8.43. The summed E-state index contributed by atoms with van der Waals surface area (Å²) in [6, 6.07) is 5.00. The van der Waals surface area contributed by atoms with E-state index in [1.54, 1.807) is 7.05 Å². The quantitative estimate of drug-likeness (QED) is 0.801. The molecule has 150 valence electrons. The molecule has 1 aliphatic heterocycles. The second-order valence-corrected chi connectivity index (χ2v) is 9.61. The molecule has 0 aliphatic carbocycles. The number of hydrogen-bond acceptors (Lipinski definition) is 4. The van der Waals surface area contributed by atoms with Crippen LogP contribution in [0.15, 0.2) is 18.2 Å². The van der Waals surface area contributed by atoms with Crippen molar-refractivity contribution in [3.8, 4) is 0 Å². The van der Waals surface area contributed by atoms with E-state index < -0.39 is 21.3 Å². The third-order valence-electron chi connectivity index (χ3n) is 4.90. The summed E-state index contributed by atoms with van der Waals surface area (Å²) in [5.74, 6) is 0.105. The van der Waals surface area contributed by atoms with Gasteiger partial charge in [-0.1, -0.05) is 45.9 Å². The van der Waals surface area contributed by atoms with E-state index in [9.17, 15) is 18.0 Å². The first kappa shape index (κ1) is 21.2. The zero-order valence-corrected chi connectivity index (χ0v) is 17.4. The lowest BCUT2D eigenvalue weighted by molar-refractivity contribution is -0.131. The molecule has 2 N–H and O–H groups in total. The van der Waals surface area contributed by atoms with Crippen LogP contribution in [0.2, 0.25) is 0 Å². The molecule has 2 rings (SSSR count). The number of rotatable bonds is 5. The van der Waals surface area contributed by atoms with Crippen molar-refractivity contribution in [2.24, 2.45) is 0 Å². The van der Waals surface area contributed by atoms with Gasteiger partial charge in [0.2, 0.25) is 15.9 Å². The first-order valence-corrected chi connectivity index (χ1v) is 10.8. The Balaban J connectivity index is 2.19. The molecule has 1 atom stereocenters. The third-order valence-corrected chi connectivity index (χ3v) is 6.65. The Morgan fingerprint density at radius 1 is 1.15 bits per heavy atom. The number of urea groups is 1. The van der Waals surface area contributed by atoms with Gasteiger partial charge in [0, 0.05) is 25.7 Å². The SMILES string of the molecule is CC(C)c1cccc(C(C)C)c1NC(=O)NS(=O)(=O)C1CCN(C)C(=O)C1. The van der Waals surface area contributed by atoms with Crippen molar-refractivity contribution in [2.45, 2.75) is 57.6 Å². The Hall–Kier alpha value is -2.09. The van der Waals surface area contributed by atoms with Crippen molar-refractivity contribution in [2.75, 3.05) is 18.9 Å². The molecule has 1 fully saturated rings. The molecule has 0 bridgehead atoms. The molecule has 0 saturated carbocycles. The van der Waals surface area contributed by atoms with Crippen LogP contribution in [-0.4, -0.2) is 44.1 Å². The van der Waals surface area contributed by atoms with Gasteiger partial charge in [-0.3, -0.25) is 4.79 Å². The second kappa shape index (κ2) is 8.29. The van der Waals surface area contributed by atoms with Gasteiger partial charge in [0.1, 0.15) is 0 Å². The van der Waals surface area contributed by atoms with Crippen LogP contribution in [0.3, 0.4) is 0 Å². The van der Waals surface area contributed by atoms with Gasteiger partial charge in [0.25, 0.3) is 0 Å². The molecule has 1 aromatic rings. The van der Waals surface area contributed by atoms with Crippen LogP contribution in [0, 0.1) is 0 Å². The van der Waals surface area contributed by atoms with Crippen molar-refractivity contribution in [3.05, 3.63) is 29.3 Å². The molecule has 0 spiro atoms. The molecule has 7 nitrogen and oxygen atoms in total. The van der Waals surface area contributed by atoms with Gasteiger partial charge in [0.15, 0.2) is 0 Å². The maximum Gasteiger partial charge on any atom is 0.332 e. The fourth-order valence-electron chi connectivity index (χ4n) is 3.23. The number of anilines is 1. The summed E-state index contributed by atoms with van der Waals surface area (Å²) < 4.78 is 27.2. The number of carbonyl (C=O) groups excluding carboxylic acids is 2. The zero-order chi connectivity index (χ0) is 20.4. The Kier molecular flexibility index (Phi) is 6.51. The monoisotopic (exact) mass is 395 g/mol. The topological polar surface area (TPSA) is 95.6 Å². The fraction of sp³-hybridized carbons (Fsp3) is 0.579. The summed E-state index contributed by atoms with van der Waals surface area (Å²) in [5, 5.41) is 1.84. The summed E-state index contributed by atoms with van der Waals surface area (Å²) in [7, 11) is -2.29. The van der Waals surface area contributed by atoms with E-state index in [1.165, 1.54) is 4.90 Å². The highest BCUT2D eigenvalue weighted by atomic mass is 32.2. The Morgan fingerprint density at radius 2 is 1.70 bits per heavy atom. The van der Waals surface area contributed by atoms with Crippen LogP contribution in [0.4, 0.5) is 10.5 Å². The van der Waals surface area contributed by atoms with Crippen molar-refractivity contribution in [3.63, 3.8) is 0 Å². The maximum absolute atomic E-state index is 12.5. The highest BCUT2D eigenvalue weighted by Gasteiger charge is 2.34. The lowest BCUT2D eigenvalue weighted by Crippen LogP contribution is -2.47. The van der Waals surface area contributed by atoms with Gasteiger partial charge < -0.3 is 10.2 Å². The van der Waals surface area contributed by atoms with Gasteiger partial charge in [-0.25, -0.2) is 17.9 Å². The highest BCUT2D eigenvalue weighted by Crippen LogP contribution is 2.32. The van der Waals surface area contributed by atoms with Crippen LogP contribution >= 0.6 is 0 Å². The lowest BCUT2D eigenvalue weighted by atomic mass is 9.93. The first-order valence-electron chi connectivity index (χ1n) is 9.22. The standard InChI is InChI=1S/C19H29N3O4S/c1-12(2)15-7-6-8-16(13(3)4)18(15)20-19(24)21-27(25,26)14-9-10-22(5)17(23)11-14/h6-8,12-14H,9-11H2,1-5H3,(H2,20,21,24). The number of amides is 3. The lowest BCUT2D eigenvalue weighted by Gasteiger charge is -2.28. The number of para-hydroxylation sites is 1. The molecule has 27 heavy (non-hydrogen) atoms. The van der Waals surface area contributed by atoms with E-state index in [4.69, 9.17) is 0 Å². The minimum Gasteiger partial charge on any atom is -0.346 e. The van der Waals surface area contributed by atoms with Crippen LogP contribution in [0.25, 0.3) is 0 Å². The molecular weight excluding hydrogens is 366 g/mol. The van der Waals surface area contributed by atoms with Gasteiger partial charge in [-0.2, -0.15) is 0 Å². The average Bonchev–Trinajstić information content (AvgIpc) is 2.56. The molecule has 1 heterocycles. The molecule has 3 amide bonds. The molecule has 1 saturated heterocycles. The van der Waals surface area contributed by atoms with Gasteiger partial charge in [-0.15, -0.1) is 0 Å². The predicted molar refractivity (Wildman–Crippen MR) is 106 cm³/mol. The van der Waals surface area contributed by atoms with Crippen molar-refractivity contribution < 1.29 is 18.0 Å². The molecule has 0 aromatic heterocycles. The van der Waals surface area contributed by atoms with E-state index in [0.29, 0.717) is 18.7 Å². The summed E-state index contributed by atoms with van der Waals surface area (Å²) in [6.07, 6.45) is 0.198. The highest BCUT2D eigenvalue weighted by molar-refractivity contribution is 7.90.